The summed E-state index contributed by atoms with van der Waals surface area (Å²) in [4.78, 5) is 15.1. The van der Waals surface area contributed by atoms with E-state index in [-0.39, 0.29) is 25.6 Å². The molecule has 18 heavy (non-hydrogen) atoms. The minimum absolute atomic E-state index is 0. The van der Waals surface area contributed by atoms with Gasteiger partial charge in [0.1, 0.15) is 12.2 Å². The third-order valence-corrected chi connectivity index (χ3v) is 3.10. The highest BCUT2D eigenvalue weighted by Crippen LogP contribution is 2.38. The monoisotopic (exact) mass is 256 g/mol. The molecule has 1 aromatic rings. The smallest absolute Gasteiger partial charge is 0.302 e. The van der Waals surface area contributed by atoms with Crippen LogP contribution in [0.3, 0.4) is 0 Å². The Morgan fingerprint density at radius 1 is 1.56 bits per heavy atom. The van der Waals surface area contributed by atoms with Crippen LogP contribution in [0.4, 0.5) is 0 Å². The third kappa shape index (κ3) is 1.63. The Labute approximate surface area is 104 Å². The molecule has 7 nitrogen and oxygen atoms in total. The lowest BCUT2D eigenvalue weighted by Gasteiger charge is -2.14. The predicted molar refractivity (Wildman–Crippen MR) is 61.4 cm³/mol. The molecular formula is C11H16N2O5. The summed E-state index contributed by atoms with van der Waals surface area (Å²) < 4.78 is 12.4. The summed E-state index contributed by atoms with van der Waals surface area (Å²) in [5, 5.41) is 18.9. The summed E-state index contributed by atoms with van der Waals surface area (Å²) in [7, 11) is 0. The number of aromatic nitrogens is 2. The molecule has 0 radical (unpaired) electrons. The van der Waals surface area contributed by atoms with Gasteiger partial charge in [0.15, 0.2) is 12.3 Å². The Kier molecular flexibility index (Phi) is 3.14. The standard InChI is InChI=1S/C10H12N2O5.CH4/c1-4-2-12-9-7(6(14)5(3-13)16-9)17-10(12)11-8(4)15;/h2,5-7,9,13-14H,3H2,1H3;1H4/t5-,6-,7+,9-;/m0./s1. The molecule has 2 aliphatic rings. The van der Waals surface area contributed by atoms with Crippen LogP contribution in [0.1, 0.15) is 19.2 Å². The van der Waals surface area contributed by atoms with E-state index in [1.165, 1.54) is 0 Å². The van der Waals surface area contributed by atoms with Crippen LogP contribution in [0.15, 0.2) is 11.0 Å². The van der Waals surface area contributed by atoms with Crippen LogP contribution in [-0.2, 0) is 4.74 Å². The Morgan fingerprint density at radius 2 is 2.28 bits per heavy atom. The fraction of sp³-hybridized carbons (Fsp3) is 0.636. The third-order valence-electron chi connectivity index (χ3n) is 3.10. The summed E-state index contributed by atoms with van der Waals surface area (Å²) in [5.41, 5.74) is 0.118. The van der Waals surface area contributed by atoms with E-state index >= 15 is 0 Å². The number of aliphatic hydroxyl groups is 2. The summed E-state index contributed by atoms with van der Waals surface area (Å²) in [6, 6.07) is 0.144. The molecule has 100 valence electrons. The fourth-order valence-corrected chi connectivity index (χ4v) is 2.16. The Balaban J connectivity index is 0.00000120. The molecule has 3 rings (SSSR count). The maximum absolute atomic E-state index is 11.4. The van der Waals surface area contributed by atoms with Crippen LogP contribution in [0, 0.1) is 6.92 Å². The molecule has 0 bridgehead atoms. The first-order valence-electron chi connectivity index (χ1n) is 5.32. The highest BCUT2D eigenvalue weighted by atomic mass is 16.6. The molecule has 3 heterocycles. The van der Waals surface area contributed by atoms with Crippen LogP contribution in [-0.4, -0.2) is 44.7 Å². The van der Waals surface area contributed by atoms with E-state index in [0.717, 1.165) is 0 Å². The van der Waals surface area contributed by atoms with Crippen molar-refractivity contribution in [3.63, 3.8) is 0 Å². The number of aryl methyl sites for hydroxylation is 1. The van der Waals surface area contributed by atoms with E-state index in [1.54, 1.807) is 17.7 Å². The van der Waals surface area contributed by atoms with Gasteiger partial charge in [0, 0.05) is 11.8 Å². The molecule has 0 unspecified atom stereocenters. The van der Waals surface area contributed by atoms with Gasteiger partial charge in [-0.3, -0.25) is 9.36 Å². The topological polar surface area (TPSA) is 93.8 Å². The zero-order valence-corrected chi connectivity index (χ0v) is 9.11. The summed E-state index contributed by atoms with van der Waals surface area (Å²) in [6.45, 7) is 1.37. The maximum Gasteiger partial charge on any atom is 0.302 e. The van der Waals surface area contributed by atoms with Gasteiger partial charge in [-0.15, -0.1) is 0 Å². The molecule has 2 N–H and O–H groups in total. The average molecular weight is 256 g/mol. The molecular weight excluding hydrogens is 240 g/mol. The molecule has 1 fully saturated rings. The fourth-order valence-electron chi connectivity index (χ4n) is 2.16. The maximum atomic E-state index is 11.4. The highest BCUT2D eigenvalue weighted by Gasteiger charge is 2.50. The number of rotatable bonds is 1. The molecule has 1 saturated heterocycles. The normalized spacial score (nSPS) is 32.4. The highest BCUT2D eigenvalue weighted by molar-refractivity contribution is 5.15. The van der Waals surface area contributed by atoms with Crippen LogP contribution in [0.2, 0.25) is 0 Å². The van der Waals surface area contributed by atoms with E-state index in [9.17, 15) is 9.90 Å². The second-order valence-electron chi connectivity index (χ2n) is 4.24. The van der Waals surface area contributed by atoms with E-state index in [1.807, 2.05) is 0 Å². The second-order valence-corrected chi connectivity index (χ2v) is 4.24. The number of ether oxygens (including phenoxy) is 2. The minimum Gasteiger partial charge on any atom is -0.453 e. The number of hydrogen-bond acceptors (Lipinski definition) is 6. The SMILES string of the molecule is C.Cc1cn2c(nc1=O)O[C@@H]1[C@@H](O)[C@H](CO)O[C@@H]12. The molecule has 0 aliphatic carbocycles. The van der Waals surface area contributed by atoms with Crippen molar-refractivity contribution in [2.45, 2.75) is 38.9 Å². The van der Waals surface area contributed by atoms with Gasteiger partial charge in [-0.25, -0.2) is 0 Å². The Morgan fingerprint density at radius 3 is 2.94 bits per heavy atom. The molecule has 0 aromatic carbocycles. The van der Waals surface area contributed by atoms with Crippen LogP contribution >= 0.6 is 0 Å². The summed E-state index contributed by atoms with van der Waals surface area (Å²) in [5.74, 6) is 0. The van der Waals surface area contributed by atoms with Gasteiger partial charge in [0.25, 0.3) is 5.56 Å². The Bertz CT molecular complexity index is 515. The first-order valence-corrected chi connectivity index (χ1v) is 5.32. The van der Waals surface area contributed by atoms with Crippen molar-refractivity contribution in [1.82, 2.24) is 9.55 Å². The van der Waals surface area contributed by atoms with Gasteiger partial charge in [-0.05, 0) is 6.92 Å². The summed E-state index contributed by atoms with van der Waals surface area (Å²) in [6.07, 6.45) is -1.17. The van der Waals surface area contributed by atoms with Crippen LogP contribution < -0.4 is 10.3 Å². The first kappa shape index (κ1) is 13.0. The van der Waals surface area contributed by atoms with Crippen molar-refractivity contribution >= 4 is 0 Å². The van der Waals surface area contributed by atoms with Gasteiger partial charge in [-0.1, -0.05) is 7.43 Å². The van der Waals surface area contributed by atoms with Crippen LogP contribution in [0.25, 0.3) is 0 Å². The lowest BCUT2D eigenvalue weighted by Crippen LogP contribution is -2.34. The van der Waals surface area contributed by atoms with Crippen molar-refractivity contribution in [2.75, 3.05) is 6.61 Å². The van der Waals surface area contributed by atoms with Gasteiger partial charge in [-0.2, -0.15) is 4.98 Å². The van der Waals surface area contributed by atoms with Gasteiger partial charge >= 0.3 is 6.01 Å². The van der Waals surface area contributed by atoms with E-state index in [2.05, 4.69) is 4.98 Å². The van der Waals surface area contributed by atoms with Crippen molar-refractivity contribution < 1.29 is 19.7 Å². The van der Waals surface area contributed by atoms with Crippen LogP contribution in [0.5, 0.6) is 6.01 Å². The van der Waals surface area contributed by atoms with Crippen molar-refractivity contribution in [2.24, 2.45) is 0 Å². The number of fused-ring (bicyclic) bond motifs is 3. The number of aliphatic hydroxyl groups excluding tert-OH is 2. The van der Waals surface area contributed by atoms with E-state index in [4.69, 9.17) is 14.6 Å². The number of hydrogen-bond donors (Lipinski definition) is 2. The van der Waals surface area contributed by atoms with Crippen molar-refractivity contribution in [1.29, 1.82) is 0 Å². The predicted octanol–water partition coefficient (Wildman–Crippen LogP) is -0.801. The molecule has 4 atom stereocenters. The average Bonchev–Trinajstić information content (AvgIpc) is 2.78. The largest absolute Gasteiger partial charge is 0.453 e. The molecule has 0 spiro atoms. The van der Waals surface area contributed by atoms with Crippen molar-refractivity contribution in [3.8, 4) is 6.01 Å². The van der Waals surface area contributed by atoms with Gasteiger partial charge in [0.2, 0.25) is 0 Å². The molecule has 0 amide bonds. The van der Waals surface area contributed by atoms with E-state index in [0.29, 0.717) is 5.56 Å². The number of nitrogens with zero attached hydrogens (tertiary/aromatic N) is 2. The summed E-state index contributed by atoms with van der Waals surface area (Å²) >= 11 is 0. The first-order chi connectivity index (χ1) is 8.11. The second kappa shape index (κ2) is 4.34. The zero-order chi connectivity index (χ0) is 12.2. The van der Waals surface area contributed by atoms with E-state index < -0.39 is 24.5 Å². The lowest BCUT2D eigenvalue weighted by atomic mass is 10.1. The zero-order valence-electron chi connectivity index (χ0n) is 9.11. The minimum atomic E-state index is -0.929. The molecule has 2 aliphatic heterocycles. The molecule has 1 aromatic heterocycles. The molecule has 7 heteroatoms. The molecule has 0 saturated carbocycles. The Hall–Kier alpha value is -1.44. The van der Waals surface area contributed by atoms with Gasteiger partial charge in [0.05, 0.1) is 6.61 Å². The quantitative estimate of drug-likeness (QED) is 0.683. The van der Waals surface area contributed by atoms with Crippen molar-refractivity contribution in [3.05, 3.63) is 22.1 Å². The lowest BCUT2D eigenvalue weighted by molar-refractivity contribution is -0.0435. The van der Waals surface area contributed by atoms with Gasteiger partial charge < -0.3 is 19.7 Å².